The maximum Gasteiger partial charge on any atom is 0.138 e. The van der Waals surface area contributed by atoms with Crippen molar-refractivity contribution in [2.75, 3.05) is 11.9 Å². The van der Waals surface area contributed by atoms with E-state index < -0.39 is 0 Å². The number of phenolic OH excluding ortho intramolecular Hbond substituents is 1. The average Bonchev–Trinajstić information content (AvgIpc) is 2.33. The van der Waals surface area contributed by atoms with E-state index in [2.05, 4.69) is 5.32 Å². The molecular formula is C13H20N2O. The summed E-state index contributed by atoms with van der Waals surface area (Å²) in [5.74, 6) is 0.306. The topological polar surface area (TPSA) is 58.3 Å². The molecule has 0 atom stereocenters. The minimum absolute atomic E-state index is 0.0168. The summed E-state index contributed by atoms with van der Waals surface area (Å²) in [6.07, 6.45) is 5.93. The Labute approximate surface area is 96.7 Å². The van der Waals surface area contributed by atoms with Gasteiger partial charge in [-0.1, -0.05) is 31.4 Å². The van der Waals surface area contributed by atoms with Crippen molar-refractivity contribution in [3.63, 3.8) is 0 Å². The zero-order valence-electron chi connectivity index (χ0n) is 9.58. The van der Waals surface area contributed by atoms with E-state index in [4.69, 9.17) is 5.73 Å². The van der Waals surface area contributed by atoms with Crippen LogP contribution in [0.25, 0.3) is 0 Å². The molecule has 3 nitrogen and oxygen atoms in total. The van der Waals surface area contributed by atoms with E-state index in [1.54, 1.807) is 6.07 Å². The standard InChI is InChI=1S/C13H20N2O/c14-10-13(8-4-1-5-9-13)15-11-6-2-3-7-12(11)16/h2-3,6-7,15-16H,1,4-5,8-10,14H2. The number of rotatable bonds is 3. The van der Waals surface area contributed by atoms with Gasteiger partial charge in [0.15, 0.2) is 0 Å². The molecule has 0 unspecified atom stereocenters. The lowest BCUT2D eigenvalue weighted by Gasteiger charge is -2.38. The van der Waals surface area contributed by atoms with Gasteiger partial charge >= 0.3 is 0 Å². The Kier molecular flexibility index (Phi) is 3.34. The molecular weight excluding hydrogens is 200 g/mol. The van der Waals surface area contributed by atoms with Crippen molar-refractivity contribution in [2.45, 2.75) is 37.6 Å². The van der Waals surface area contributed by atoms with E-state index in [-0.39, 0.29) is 5.54 Å². The Bertz CT molecular complexity index is 346. The van der Waals surface area contributed by atoms with Gasteiger partial charge in [-0.05, 0) is 25.0 Å². The highest BCUT2D eigenvalue weighted by Crippen LogP contribution is 2.33. The van der Waals surface area contributed by atoms with E-state index >= 15 is 0 Å². The third kappa shape index (κ3) is 2.30. The molecule has 1 fully saturated rings. The predicted octanol–water partition coefficient (Wildman–Crippen LogP) is 2.47. The SMILES string of the molecule is NCC1(Nc2ccccc2O)CCCCC1. The first-order valence-corrected chi connectivity index (χ1v) is 6.02. The van der Waals surface area contributed by atoms with Gasteiger partial charge in [0.25, 0.3) is 0 Å². The normalized spacial score (nSPS) is 19.3. The molecule has 3 heteroatoms. The van der Waals surface area contributed by atoms with Gasteiger partial charge in [-0.2, -0.15) is 0 Å². The maximum absolute atomic E-state index is 9.75. The molecule has 0 heterocycles. The molecule has 1 aliphatic carbocycles. The fourth-order valence-electron chi connectivity index (χ4n) is 2.47. The molecule has 16 heavy (non-hydrogen) atoms. The fourth-order valence-corrected chi connectivity index (χ4v) is 2.47. The molecule has 1 saturated carbocycles. The molecule has 0 bridgehead atoms. The summed E-state index contributed by atoms with van der Waals surface area (Å²) in [7, 11) is 0. The monoisotopic (exact) mass is 220 g/mol. The van der Waals surface area contributed by atoms with Gasteiger partial charge in [-0.25, -0.2) is 0 Å². The highest BCUT2D eigenvalue weighted by atomic mass is 16.3. The van der Waals surface area contributed by atoms with Gasteiger partial charge in [-0.15, -0.1) is 0 Å². The van der Waals surface area contributed by atoms with Crippen molar-refractivity contribution in [1.29, 1.82) is 0 Å². The first-order valence-electron chi connectivity index (χ1n) is 6.02. The van der Waals surface area contributed by atoms with Gasteiger partial charge in [0.1, 0.15) is 5.75 Å². The lowest BCUT2D eigenvalue weighted by Crippen LogP contribution is -2.46. The van der Waals surface area contributed by atoms with Crippen LogP contribution in [0.15, 0.2) is 24.3 Å². The number of hydrogen-bond acceptors (Lipinski definition) is 3. The van der Waals surface area contributed by atoms with Crippen LogP contribution in [-0.4, -0.2) is 17.2 Å². The van der Waals surface area contributed by atoms with Crippen LogP contribution in [0.4, 0.5) is 5.69 Å². The highest BCUT2D eigenvalue weighted by Gasteiger charge is 2.30. The number of aromatic hydroxyl groups is 1. The number of phenols is 1. The Hall–Kier alpha value is -1.22. The van der Waals surface area contributed by atoms with Crippen LogP contribution >= 0.6 is 0 Å². The zero-order chi connectivity index (χ0) is 11.4. The summed E-state index contributed by atoms with van der Waals surface area (Å²) >= 11 is 0. The Balaban J connectivity index is 2.15. The number of benzene rings is 1. The van der Waals surface area contributed by atoms with E-state index in [0.717, 1.165) is 18.5 Å². The minimum atomic E-state index is -0.0168. The van der Waals surface area contributed by atoms with Crippen LogP contribution in [0.1, 0.15) is 32.1 Å². The summed E-state index contributed by atoms with van der Waals surface area (Å²) in [6.45, 7) is 0.626. The zero-order valence-corrected chi connectivity index (χ0v) is 9.58. The number of hydrogen-bond donors (Lipinski definition) is 3. The lowest BCUT2D eigenvalue weighted by molar-refractivity contribution is 0.329. The molecule has 1 aromatic rings. The van der Waals surface area contributed by atoms with Crippen molar-refractivity contribution in [1.82, 2.24) is 0 Å². The van der Waals surface area contributed by atoms with Crippen LogP contribution < -0.4 is 11.1 Å². The molecule has 1 aliphatic rings. The Morgan fingerprint density at radius 3 is 2.50 bits per heavy atom. The predicted molar refractivity (Wildman–Crippen MR) is 66.6 cm³/mol. The largest absolute Gasteiger partial charge is 0.506 e. The molecule has 2 rings (SSSR count). The van der Waals surface area contributed by atoms with E-state index in [1.165, 1.54) is 19.3 Å². The molecule has 0 amide bonds. The smallest absolute Gasteiger partial charge is 0.138 e. The molecule has 0 aliphatic heterocycles. The first-order chi connectivity index (χ1) is 7.76. The highest BCUT2D eigenvalue weighted by molar-refractivity contribution is 5.57. The summed E-state index contributed by atoms with van der Waals surface area (Å²) < 4.78 is 0. The average molecular weight is 220 g/mol. The molecule has 0 saturated heterocycles. The van der Waals surface area contributed by atoms with Crippen molar-refractivity contribution in [3.8, 4) is 5.75 Å². The van der Waals surface area contributed by atoms with Crippen molar-refractivity contribution < 1.29 is 5.11 Å². The lowest BCUT2D eigenvalue weighted by atomic mass is 9.81. The quantitative estimate of drug-likeness (QED) is 0.686. The Morgan fingerprint density at radius 2 is 1.88 bits per heavy atom. The molecule has 88 valence electrons. The number of nitrogens with two attached hydrogens (primary N) is 1. The van der Waals surface area contributed by atoms with E-state index in [0.29, 0.717) is 12.3 Å². The van der Waals surface area contributed by atoms with Gasteiger partial charge in [0, 0.05) is 12.1 Å². The Morgan fingerprint density at radius 1 is 1.19 bits per heavy atom. The minimum Gasteiger partial charge on any atom is -0.506 e. The second-order valence-corrected chi connectivity index (χ2v) is 4.69. The van der Waals surface area contributed by atoms with Crippen molar-refractivity contribution >= 4 is 5.69 Å². The summed E-state index contributed by atoms with van der Waals surface area (Å²) in [4.78, 5) is 0. The van der Waals surface area contributed by atoms with Gasteiger partial charge < -0.3 is 16.2 Å². The number of anilines is 1. The third-order valence-electron chi connectivity index (χ3n) is 3.51. The number of para-hydroxylation sites is 2. The molecule has 0 aromatic heterocycles. The van der Waals surface area contributed by atoms with Crippen LogP contribution in [-0.2, 0) is 0 Å². The molecule has 0 spiro atoms. The molecule has 1 aromatic carbocycles. The van der Waals surface area contributed by atoms with Gasteiger partial charge in [0.05, 0.1) is 5.69 Å². The van der Waals surface area contributed by atoms with Crippen LogP contribution in [0.5, 0.6) is 5.75 Å². The molecule has 4 N–H and O–H groups in total. The van der Waals surface area contributed by atoms with Crippen LogP contribution in [0.3, 0.4) is 0 Å². The van der Waals surface area contributed by atoms with Crippen LogP contribution in [0.2, 0.25) is 0 Å². The second kappa shape index (κ2) is 4.74. The maximum atomic E-state index is 9.75. The van der Waals surface area contributed by atoms with E-state index in [9.17, 15) is 5.11 Å². The van der Waals surface area contributed by atoms with Crippen LogP contribution in [0, 0.1) is 0 Å². The van der Waals surface area contributed by atoms with Crippen molar-refractivity contribution in [2.24, 2.45) is 5.73 Å². The van der Waals surface area contributed by atoms with Gasteiger partial charge in [-0.3, -0.25) is 0 Å². The first kappa shape index (κ1) is 11.3. The molecule has 0 radical (unpaired) electrons. The van der Waals surface area contributed by atoms with Gasteiger partial charge in [0.2, 0.25) is 0 Å². The van der Waals surface area contributed by atoms with E-state index in [1.807, 2.05) is 18.2 Å². The second-order valence-electron chi connectivity index (χ2n) is 4.69. The third-order valence-corrected chi connectivity index (χ3v) is 3.51. The van der Waals surface area contributed by atoms with Crippen molar-refractivity contribution in [3.05, 3.63) is 24.3 Å². The summed E-state index contributed by atoms with van der Waals surface area (Å²) in [6, 6.07) is 7.36. The summed E-state index contributed by atoms with van der Waals surface area (Å²) in [5.41, 5.74) is 6.68. The summed E-state index contributed by atoms with van der Waals surface area (Å²) in [5, 5.41) is 13.2. The fraction of sp³-hybridized carbons (Fsp3) is 0.538. The number of nitrogens with one attached hydrogen (secondary N) is 1.